The van der Waals surface area contributed by atoms with Gasteiger partial charge in [0, 0.05) is 0 Å². The molecule has 0 heterocycles. The summed E-state index contributed by atoms with van der Waals surface area (Å²) >= 11 is 0. The highest BCUT2D eigenvalue weighted by Gasteiger charge is 2.48. The van der Waals surface area contributed by atoms with Gasteiger partial charge < -0.3 is 4.74 Å². The minimum Gasteiger partial charge on any atom is -0.494 e. The van der Waals surface area contributed by atoms with E-state index in [1.807, 2.05) is 5.57 Å². The summed E-state index contributed by atoms with van der Waals surface area (Å²) in [5, 5.41) is 0. The van der Waals surface area contributed by atoms with Gasteiger partial charge >= 0.3 is 0 Å². The number of rotatable bonds is 9. The second-order valence-corrected chi connectivity index (χ2v) is 17.6. The molecule has 5 atom stereocenters. The van der Waals surface area contributed by atoms with Crippen LogP contribution in [0.1, 0.15) is 128 Å². The fourth-order valence-corrected chi connectivity index (χ4v) is 14.9. The lowest BCUT2D eigenvalue weighted by atomic mass is 9.73. The molecule has 2 aromatic carbocycles. The highest BCUT2D eigenvalue weighted by atomic mass is 31.1. The number of allylic oxidation sites excluding steroid dienone is 2. The van der Waals surface area contributed by atoms with E-state index in [-0.39, 0.29) is 7.92 Å². The van der Waals surface area contributed by atoms with Gasteiger partial charge in [-0.25, -0.2) is 0 Å². The normalized spacial score (nSPS) is 30.5. The van der Waals surface area contributed by atoms with Gasteiger partial charge in [-0.1, -0.05) is 114 Å². The topological polar surface area (TPSA) is 9.23 Å². The van der Waals surface area contributed by atoms with Gasteiger partial charge in [0.15, 0.2) is 0 Å². The zero-order valence-corrected chi connectivity index (χ0v) is 27.2. The van der Waals surface area contributed by atoms with E-state index in [0.29, 0.717) is 0 Å². The van der Waals surface area contributed by atoms with Crippen molar-refractivity contribution in [1.29, 1.82) is 0 Å². The fraction of sp³-hybridized carbons (Fsp3) is 0.650. The summed E-state index contributed by atoms with van der Waals surface area (Å²) in [5.41, 5.74) is 9.42. The quantitative estimate of drug-likeness (QED) is 0.211. The van der Waals surface area contributed by atoms with Crippen molar-refractivity contribution in [3.8, 4) is 16.9 Å². The van der Waals surface area contributed by atoms with E-state index in [2.05, 4.69) is 61.5 Å². The van der Waals surface area contributed by atoms with E-state index in [4.69, 9.17) is 4.74 Å². The van der Waals surface area contributed by atoms with Gasteiger partial charge in [0.2, 0.25) is 0 Å². The number of hydrogen-bond acceptors (Lipinski definition) is 1. The number of benzene rings is 2. The molecule has 0 aromatic heterocycles. The molecular weight excluding hydrogens is 527 g/mol. The van der Waals surface area contributed by atoms with Crippen LogP contribution in [0.4, 0.5) is 0 Å². The van der Waals surface area contributed by atoms with Gasteiger partial charge in [-0.3, -0.25) is 0 Å². The van der Waals surface area contributed by atoms with E-state index >= 15 is 0 Å². The first kappa shape index (κ1) is 29.1. The van der Waals surface area contributed by atoms with Crippen LogP contribution >= 0.6 is 7.92 Å². The summed E-state index contributed by atoms with van der Waals surface area (Å²) in [4.78, 5) is 0. The number of ether oxygens (including phenoxy) is 1. The Balaban J connectivity index is 1.09. The third kappa shape index (κ3) is 6.16. The molecule has 0 aliphatic heterocycles. The van der Waals surface area contributed by atoms with Gasteiger partial charge in [0.05, 0.1) is 6.61 Å². The second kappa shape index (κ2) is 13.6. The fourth-order valence-electron chi connectivity index (χ4n) is 10.1. The maximum Gasteiger partial charge on any atom is 0.119 e. The van der Waals surface area contributed by atoms with Crippen LogP contribution in [-0.2, 0) is 0 Å². The Kier molecular flexibility index (Phi) is 9.43. The zero-order valence-electron chi connectivity index (χ0n) is 26.3. The van der Waals surface area contributed by atoms with Gasteiger partial charge in [-0.15, -0.1) is 0 Å². The molecule has 5 unspecified atom stereocenters. The Morgan fingerprint density at radius 1 is 0.619 bits per heavy atom. The van der Waals surface area contributed by atoms with Crippen molar-refractivity contribution in [3.05, 3.63) is 65.7 Å². The summed E-state index contributed by atoms with van der Waals surface area (Å²) < 4.78 is 5.81. The molecule has 7 rings (SSSR count). The first-order valence-corrected chi connectivity index (χ1v) is 19.7. The van der Waals surface area contributed by atoms with Gasteiger partial charge in [-0.2, -0.15) is 0 Å². The third-order valence-electron chi connectivity index (χ3n) is 12.0. The molecule has 0 spiro atoms. The SMILES string of the molecule is CCCOc1ccc(-c2ccc(C3CC4C=C(C5CCCCC5P(C5CCCCC5)C5CCCCC5)C3C4)cc2)cc1. The lowest BCUT2D eigenvalue weighted by Crippen LogP contribution is -2.35. The molecule has 0 saturated heterocycles. The smallest absolute Gasteiger partial charge is 0.119 e. The zero-order chi connectivity index (χ0) is 28.3. The first-order chi connectivity index (χ1) is 20.8. The third-order valence-corrected chi connectivity index (χ3v) is 16.1. The lowest BCUT2D eigenvalue weighted by molar-refractivity contribution is 0.317. The molecule has 0 radical (unpaired) electrons. The molecule has 0 N–H and O–H groups in total. The van der Waals surface area contributed by atoms with E-state index in [9.17, 15) is 0 Å². The van der Waals surface area contributed by atoms with Crippen LogP contribution in [0.3, 0.4) is 0 Å². The maximum atomic E-state index is 5.81. The molecule has 5 aliphatic carbocycles. The second-order valence-electron chi connectivity index (χ2n) is 14.6. The monoisotopic (exact) mass is 582 g/mol. The largest absolute Gasteiger partial charge is 0.494 e. The summed E-state index contributed by atoms with van der Waals surface area (Å²) in [6.07, 6.45) is 28.2. The van der Waals surface area contributed by atoms with Crippen LogP contribution in [0, 0.1) is 17.8 Å². The predicted octanol–water partition coefficient (Wildman–Crippen LogP) is 11.9. The van der Waals surface area contributed by atoms with Crippen molar-refractivity contribution in [2.75, 3.05) is 6.61 Å². The Morgan fingerprint density at radius 3 is 1.81 bits per heavy atom. The van der Waals surface area contributed by atoms with Crippen molar-refractivity contribution < 1.29 is 4.74 Å². The molecule has 2 bridgehead atoms. The van der Waals surface area contributed by atoms with Crippen molar-refractivity contribution in [2.45, 2.75) is 139 Å². The van der Waals surface area contributed by atoms with E-state index < -0.39 is 0 Å². The molecule has 1 nitrogen and oxygen atoms in total. The van der Waals surface area contributed by atoms with Crippen LogP contribution < -0.4 is 4.74 Å². The van der Waals surface area contributed by atoms with Crippen LogP contribution in [0.5, 0.6) is 5.75 Å². The Hall–Kier alpha value is -1.59. The minimum atomic E-state index is 0.166. The molecule has 0 amide bonds. The Morgan fingerprint density at radius 2 is 1.19 bits per heavy atom. The Bertz CT molecular complexity index is 1150. The van der Waals surface area contributed by atoms with Crippen LogP contribution in [-0.4, -0.2) is 23.6 Å². The maximum absolute atomic E-state index is 5.81. The molecule has 226 valence electrons. The highest BCUT2D eigenvalue weighted by molar-refractivity contribution is 7.60. The molecule has 2 heteroatoms. The van der Waals surface area contributed by atoms with Crippen LogP contribution in [0.15, 0.2) is 60.2 Å². The summed E-state index contributed by atoms with van der Waals surface area (Å²) in [6.45, 7) is 2.95. The lowest BCUT2D eigenvalue weighted by Gasteiger charge is -2.49. The number of fused-ring (bicyclic) bond motifs is 2. The molecule has 4 fully saturated rings. The van der Waals surface area contributed by atoms with Crippen molar-refractivity contribution >= 4 is 7.92 Å². The molecule has 5 aliphatic rings. The first-order valence-electron chi connectivity index (χ1n) is 18.1. The van der Waals surface area contributed by atoms with Crippen molar-refractivity contribution in [1.82, 2.24) is 0 Å². The summed E-state index contributed by atoms with van der Waals surface area (Å²) in [7, 11) is 0.166. The summed E-state index contributed by atoms with van der Waals surface area (Å²) in [5.74, 6) is 4.29. The Labute approximate surface area is 258 Å². The minimum absolute atomic E-state index is 0.166. The van der Waals surface area contributed by atoms with Crippen LogP contribution in [0.2, 0.25) is 0 Å². The van der Waals surface area contributed by atoms with E-state index in [1.165, 1.54) is 81.8 Å². The van der Waals surface area contributed by atoms with Crippen LogP contribution in [0.25, 0.3) is 11.1 Å². The molecule has 4 saturated carbocycles. The number of hydrogen-bond donors (Lipinski definition) is 0. The average Bonchev–Trinajstić information content (AvgIpc) is 3.67. The molecular formula is C40H55OP. The van der Waals surface area contributed by atoms with E-state index in [0.717, 1.165) is 59.4 Å². The predicted molar refractivity (Wildman–Crippen MR) is 181 cm³/mol. The molecule has 2 aromatic rings. The van der Waals surface area contributed by atoms with Gasteiger partial charge in [0.1, 0.15) is 5.75 Å². The van der Waals surface area contributed by atoms with Crippen molar-refractivity contribution in [2.24, 2.45) is 17.8 Å². The highest BCUT2D eigenvalue weighted by Crippen LogP contribution is 2.66. The van der Waals surface area contributed by atoms with Crippen molar-refractivity contribution in [3.63, 3.8) is 0 Å². The average molecular weight is 583 g/mol. The molecule has 42 heavy (non-hydrogen) atoms. The van der Waals surface area contributed by atoms with Gasteiger partial charge in [-0.05, 0) is 127 Å². The standard InChI is InChI=1S/C40H55OP/c1-2-25-41-33-23-21-31(22-24-33)30-17-19-32(20-18-30)37-26-29-27-38(39(37)28-29)36-15-9-10-16-40(36)42(34-11-5-3-6-12-34)35-13-7-4-8-14-35/h17-24,27,29,34-37,39-40H,2-16,25-26,28H2,1H3. The summed E-state index contributed by atoms with van der Waals surface area (Å²) in [6, 6.07) is 18.4. The van der Waals surface area contributed by atoms with Gasteiger partial charge in [0.25, 0.3) is 0 Å². The van der Waals surface area contributed by atoms with E-state index in [1.54, 1.807) is 37.7 Å².